The zero-order valence-corrected chi connectivity index (χ0v) is 18.2. The van der Waals surface area contributed by atoms with Gasteiger partial charge >= 0.3 is 0 Å². The topological polar surface area (TPSA) is 75.2 Å². The molecule has 29 heavy (non-hydrogen) atoms. The lowest BCUT2D eigenvalue weighted by molar-refractivity contribution is -0.121. The first kappa shape index (κ1) is 23.0. The van der Waals surface area contributed by atoms with Crippen molar-refractivity contribution in [2.75, 3.05) is 44.3 Å². The summed E-state index contributed by atoms with van der Waals surface area (Å²) in [5.41, 5.74) is 0.841. The third-order valence-corrected chi connectivity index (χ3v) is 4.81. The number of hydrogen-bond acceptors (Lipinski definition) is 4. The Balaban J connectivity index is 1.82. The molecule has 0 saturated carbocycles. The van der Waals surface area contributed by atoms with E-state index in [-0.39, 0.29) is 18.6 Å². The van der Waals surface area contributed by atoms with Crippen molar-refractivity contribution in [2.24, 2.45) is 10.9 Å². The summed E-state index contributed by atoms with van der Waals surface area (Å²) in [4.78, 5) is 18.7. The zero-order chi connectivity index (χ0) is 21.1. The molecule has 0 radical (unpaired) electrons. The molecule has 1 aromatic carbocycles. The molecule has 0 saturated heterocycles. The quantitative estimate of drug-likeness (QED) is 0.337. The molecule has 1 amide bonds. The van der Waals surface area contributed by atoms with Crippen molar-refractivity contribution in [2.45, 2.75) is 46.6 Å². The Morgan fingerprint density at radius 1 is 1.28 bits per heavy atom. The van der Waals surface area contributed by atoms with E-state index in [0.717, 1.165) is 49.9 Å². The molecule has 1 aliphatic heterocycles. The van der Waals surface area contributed by atoms with Gasteiger partial charge in [0, 0.05) is 32.8 Å². The molecule has 2 N–H and O–H groups in total. The minimum absolute atomic E-state index is 0.00615. The van der Waals surface area contributed by atoms with Crippen LogP contribution in [0.4, 0.5) is 5.69 Å². The molecule has 0 fully saturated rings. The maximum absolute atomic E-state index is 12.2. The van der Waals surface area contributed by atoms with E-state index in [4.69, 9.17) is 9.47 Å². The minimum Gasteiger partial charge on any atom is -0.482 e. The third kappa shape index (κ3) is 7.24. The van der Waals surface area contributed by atoms with Gasteiger partial charge in [-0.3, -0.25) is 9.79 Å². The lowest BCUT2D eigenvalue weighted by Crippen LogP contribution is -2.40. The van der Waals surface area contributed by atoms with E-state index in [1.165, 1.54) is 0 Å². The standard InChI is InChI=1S/C22H36N4O3/c1-5-23-22(25-14-12-19(17(3)4)28-6-2)24-13-9-15-26-18-10-7-8-11-20(18)29-16-21(26)27/h7-8,10-11,17,19H,5-6,9,12-16H2,1-4H3,(H2,23,24,25). The molecule has 1 unspecified atom stereocenters. The lowest BCUT2D eigenvalue weighted by Gasteiger charge is -2.29. The molecule has 1 aromatic rings. The van der Waals surface area contributed by atoms with Crippen molar-refractivity contribution >= 4 is 17.6 Å². The number of rotatable bonds is 11. The number of guanidine groups is 1. The SMILES string of the molecule is CCNC(=NCCCN1C(=O)COc2ccccc21)NCCC(OCC)C(C)C. The fourth-order valence-corrected chi connectivity index (χ4v) is 3.32. The van der Waals surface area contributed by atoms with Gasteiger partial charge in [0.25, 0.3) is 5.91 Å². The van der Waals surface area contributed by atoms with E-state index in [0.29, 0.717) is 19.0 Å². The van der Waals surface area contributed by atoms with Crippen LogP contribution in [-0.4, -0.2) is 57.4 Å². The monoisotopic (exact) mass is 404 g/mol. The van der Waals surface area contributed by atoms with Crippen LogP contribution < -0.4 is 20.3 Å². The van der Waals surface area contributed by atoms with Crippen molar-refractivity contribution in [1.29, 1.82) is 0 Å². The zero-order valence-electron chi connectivity index (χ0n) is 18.2. The van der Waals surface area contributed by atoms with E-state index < -0.39 is 0 Å². The summed E-state index contributed by atoms with van der Waals surface area (Å²) in [6, 6.07) is 7.66. The van der Waals surface area contributed by atoms with Crippen molar-refractivity contribution in [3.05, 3.63) is 24.3 Å². The van der Waals surface area contributed by atoms with Crippen molar-refractivity contribution in [3.8, 4) is 5.75 Å². The van der Waals surface area contributed by atoms with E-state index >= 15 is 0 Å². The summed E-state index contributed by atoms with van der Waals surface area (Å²) in [5, 5.41) is 6.66. The molecule has 7 nitrogen and oxygen atoms in total. The van der Waals surface area contributed by atoms with Crippen LogP contribution in [0.25, 0.3) is 0 Å². The number of amides is 1. The van der Waals surface area contributed by atoms with Gasteiger partial charge in [0.15, 0.2) is 12.6 Å². The van der Waals surface area contributed by atoms with Gasteiger partial charge in [-0.05, 0) is 44.7 Å². The summed E-state index contributed by atoms with van der Waals surface area (Å²) in [7, 11) is 0. The average molecular weight is 405 g/mol. The number of nitrogens with one attached hydrogen (secondary N) is 2. The molecule has 1 atom stereocenters. The normalized spacial score (nSPS) is 15.1. The van der Waals surface area contributed by atoms with E-state index in [1.54, 1.807) is 4.90 Å². The van der Waals surface area contributed by atoms with Gasteiger partial charge in [0.1, 0.15) is 5.75 Å². The van der Waals surface area contributed by atoms with Gasteiger partial charge in [0.2, 0.25) is 0 Å². The maximum Gasteiger partial charge on any atom is 0.265 e. The number of anilines is 1. The summed E-state index contributed by atoms with van der Waals surface area (Å²) < 4.78 is 11.3. The Morgan fingerprint density at radius 2 is 2.07 bits per heavy atom. The molecule has 0 aliphatic carbocycles. The predicted molar refractivity (Wildman–Crippen MR) is 118 cm³/mol. The summed E-state index contributed by atoms with van der Waals surface area (Å²) in [6.45, 7) is 12.2. The Kier molecular flexibility index (Phi) is 9.77. The van der Waals surface area contributed by atoms with Crippen molar-refractivity contribution in [1.82, 2.24) is 10.6 Å². The molecule has 0 bridgehead atoms. The minimum atomic E-state index is -0.00615. The van der Waals surface area contributed by atoms with Crippen LogP contribution in [0.1, 0.15) is 40.5 Å². The average Bonchev–Trinajstić information content (AvgIpc) is 2.71. The first-order chi connectivity index (χ1) is 14.1. The van der Waals surface area contributed by atoms with Crippen LogP contribution in [0.3, 0.4) is 0 Å². The van der Waals surface area contributed by atoms with Crippen LogP contribution >= 0.6 is 0 Å². The number of carbonyl (C=O) groups excluding carboxylic acids is 1. The third-order valence-electron chi connectivity index (χ3n) is 4.81. The Morgan fingerprint density at radius 3 is 2.79 bits per heavy atom. The number of nitrogens with zero attached hydrogens (tertiary/aromatic N) is 2. The van der Waals surface area contributed by atoms with Crippen LogP contribution in [0.5, 0.6) is 5.75 Å². The number of fused-ring (bicyclic) bond motifs is 1. The largest absolute Gasteiger partial charge is 0.482 e. The molecule has 7 heteroatoms. The number of hydrogen-bond donors (Lipinski definition) is 2. The molecular weight excluding hydrogens is 368 g/mol. The van der Waals surface area contributed by atoms with Gasteiger partial charge in [-0.1, -0.05) is 26.0 Å². The molecule has 1 aliphatic rings. The van der Waals surface area contributed by atoms with Gasteiger partial charge < -0.3 is 25.0 Å². The van der Waals surface area contributed by atoms with Crippen LogP contribution in [0, 0.1) is 5.92 Å². The highest BCUT2D eigenvalue weighted by atomic mass is 16.5. The number of carbonyl (C=O) groups is 1. The van der Waals surface area contributed by atoms with Gasteiger partial charge in [-0.25, -0.2) is 0 Å². The Bertz CT molecular complexity index is 663. The number of benzene rings is 1. The van der Waals surface area contributed by atoms with Crippen LogP contribution in [-0.2, 0) is 9.53 Å². The fraction of sp³-hybridized carbons (Fsp3) is 0.636. The highest BCUT2D eigenvalue weighted by molar-refractivity contribution is 5.97. The van der Waals surface area contributed by atoms with Crippen LogP contribution in [0.2, 0.25) is 0 Å². The molecule has 2 rings (SSSR count). The Labute approximate surface area is 174 Å². The number of ether oxygens (including phenoxy) is 2. The van der Waals surface area contributed by atoms with E-state index in [2.05, 4.69) is 36.4 Å². The van der Waals surface area contributed by atoms with Crippen LogP contribution in [0.15, 0.2) is 29.3 Å². The molecule has 0 aromatic heterocycles. The highest BCUT2D eigenvalue weighted by Gasteiger charge is 2.24. The smallest absolute Gasteiger partial charge is 0.265 e. The van der Waals surface area contributed by atoms with Gasteiger partial charge in [-0.2, -0.15) is 0 Å². The summed E-state index contributed by atoms with van der Waals surface area (Å²) >= 11 is 0. The molecule has 1 heterocycles. The first-order valence-corrected chi connectivity index (χ1v) is 10.7. The van der Waals surface area contributed by atoms with Crippen molar-refractivity contribution in [3.63, 3.8) is 0 Å². The second-order valence-electron chi connectivity index (χ2n) is 7.37. The summed E-state index contributed by atoms with van der Waals surface area (Å²) in [6.07, 6.45) is 1.97. The number of para-hydroxylation sites is 2. The number of aliphatic imine (C=N–C) groups is 1. The maximum atomic E-state index is 12.2. The van der Waals surface area contributed by atoms with Gasteiger partial charge in [-0.15, -0.1) is 0 Å². The van der Waals surface area contributed by atoms with E-state index in [1.807, 2.05) is 31.2 Å². The predicted octanol–water partition coefficient (Wildman–Crippen LogP) is 2.81. The first-order valence-electron chi connectivity index (χ1n) is 10.7. The molecule has 162 valence electrons. The molecular formula is C22H36N4O3. The fourth-order valence-electron chi connectivity index (χ4n) is 3.32. The summed E-state index contributed by atoms with van der Waals surface area (Å²) in [5.74, 6) is 2.05. The van der Waals surface area contributed by atoms with Gasteiger partial charge in [0.05, 0.1) is 11.8 Å². The second-order valence-corrected chi connectivity index (χ2v) is 7.37. The van der Waals surface area contributed by atoms with Crippen molar-refractivity contribution < 1.29 is 14.3 Å². The second kappa shape index (κ2) is 12.3. The highest BCUT2D eigenvalue weighted by Crippen LogP contribution is 2.31. The lowest BCUT2D eigenvalue weighted by atomic mass is 10.0. The molecule has 0 spiro atoms. The van der Waals surface area contributed by atoms with E-state index in [9.17, 15) is 4.79 Å². The Hall–Kier alpha value is -2.28.